The third kappa shape index (κ3) is 7.33. The fourth-order valence-corrected chi connectivity index (χ4v) is 5.54. The van der Waals surface area contributed by atoms with Crippen molar-refractivity contribution in [2.24, 2.45) is 0 Å². The van der Waals surface area contributed by atoms with Crippen LogP contribution in [0.3, 0.4) is 0 Å². The first-order valence-electron chi connectivity index (χ1n) is 14.3. The molecule has 4 fully saturated rings. The molecule has 21 nitrogen and oxygen atoms in total. The smallest absolute Gasteiger partial charge is 0.337 e. The Balaban J connectivity index is 1.62. The van der Waals surface area contributed by atoms with Crippen LogP contribution < -0.4 is 0 Å². The Morgan fingerprint density at radius 2 is 1.07 bits per heavy atom. The Labute approximate surface area is 260 Å². The molecule has 0 unspecified atom stereocenters. The van der Waals surface area contributed by atoms with Gasteiger partial charge in [-0.2, -0.15) is 0 Å². The molecule has 46 heavy (non-hydrogen) atoms. The van der Waals surface area contributed by atoms with Crippen LogP contribution in [0.5, 0.6) is 0 Å². The number of ether oxygens (including phenoxy) is 8. The molecular weight excluding hydrogens is 636 g/mol. The Morgan fingerprint density at radius 3 is 1.65 bits per heavy atom. The minimum absolute atomic E-state index is 0.820. The van der Waals surface area contributed by atoms with Gasteiger partial charge < -0.3 is 99.2 Å². The molecule has 0 aromatic heterocycles. The van der Waals surface area contributed by atoms with Crippen molar-refractivity contribution in [3.8, 4) is 0 Å². The molecule has 4 aliphatic heterocycles. The highest BCUT2D eigenvalue weighted by molar-refractivity contribution is 5.75. The average Bonchev–Trinajstić information content (AvgIpc) is 3.04. The standard InChI is InChI=1S/C25H42O21/c1-5-8(28)10(30)14(34)23(40-5)46-20-16(36)17(44-24-15(35)11(31)9(29)6(3-26)41-24)7(4-27)42-25(20)45-19-13(33)12(32)18(21(37)39-2)43-22(19)38/h5-20,22-36,38H,3-4H2,1-2H3/t5-,6+,7+,8-,9+,10+,11-,12-,13-,14+,15+,16-,17-,18-,19-,20+,22+,23-,24-,25-/m0/s1. The molecule has 0 saturated carbocycles. The number of methoxy groups -OCH3 is 1. The number of esters is 1. The summed E-state index contributed by atoms with van der Waals surface area (Å²) >= 11 is 0. The predicted molar refractivity (Wildman–Crippen MR) is 137 cm³/mol. The molecule has 0 radical (unpaired) electrons. The highest BCUT2D eigenvalue weighted by atomic mass is 16.8. The van der Waals surface area contributed by atoms with Crippen LogP contribution in [0.1, 0.15) is 6.92 Å². The third-order valence-corrected chi connectivity index (χ3v) is 8.32. The van der Waals surface area contributed by atoms with Crippen LogP contribution in [-0.4, -0.2) is 210 Å². The molecule has 4 aliphatic rings. The van der Waals surface area contributed by atoms with Gasteiger partial charge in [0.2, 0.25) is 0 Å². The molecule has 4 rings (SSSR count). The maximum atomic E-state index is 11.9. The first-order valence-corrected chi connectivity index (χ1v) is 14.3. The van der Waals surface area contributed by atoms with Crippen molar-refractivity contribution in [1.29, 1.82) is 0 Å². The molecule has 12 N–H and O–H groups in total. The van der Waals surface area contributed by atoms with E-state index in [1.54, 1.807) is 0 Å². The summed E-state index contributed by atoms with van der Waals surface area (Å²) in [5.41, 5.74) is 0. The maximum Gasteiger partial charge on any atom is 0.337 e. The lowest BCUT2D eigenvalue weighted by Gasteiger charge is -2.49. The van der Waals surface area contributed by atoms with Crippen LogP contribution in [0, 0.1) is 0 Å². The predicted octanol–water partition coefficient (Wildman–Crippen LogP) is -8.54. The highest BCUT2D eigenvalue weighted by Crippen LogP contribution is 2.35. The van der Waals surface area contributed by atoms with Crippen molar-refractivity contribution in [2.45, 2.75) is 130 Å². The van der Waals surface area contributed by atoms with E-state index in [1.165, 1.54) is 6.92 Å². The van der Waals surface area contributed by atoms with Gasteiger partial charge in [-0.15, -0.1) is 0 Å². The Bertz CT molecular complexity index is 989. The molecule has 0 bridgehead atoms. The van der Waals surface area contributed by atoms with Crippen LogP contribution in [0.25, 0.3) is 0 Å². The van der Waals surface area contributed by atoms with Gasteiger partial charge in [0, 0.05) is 0 Å². The second-order valence-electron chi connectivity index (χ2n) is 11.3. The van der Waals surface area contributed by atoms with Gasteiger partial charge in [-0.05, 0) is 6.92 Å². The summed E-state index contributed by atoms with van der Waals surface area (Å²) in [7, 11) is 0.967. The summed E-state index contributed by atoms with van der Waals surface area (Å²) in [6.07, 6.45) is -36.3. The molecule has 268 valence electrons. The summed E-state index contributed by atoms with van der Waals surface area (Å²) in [5, 5.41) is 124. The highest BCUT2D eigenvalue weighted by Gasteiger charge is 2.56. The zero-order chi connectivity index (χ0) is 34.2. The molecule has 0 spiro atoms. The SMILES string of the molecule is COC(=O)[C@H]1O[C@@H](O)[C@@H](O[C@@H]2O[C@H](CO)[C@H](O[C@@H]3O[C@H](CO)[C@@H](O)[C@H](O)[C@H]3O)[C@H](O)[C@H]2O[C@@H]2O[C@@H](C)[C@H](O)[C@@H](O)[C@H]2O)[C@@H](O)[C@@H]1O. The van der Waals surface area contributed by atoms with Crippen LogP contribution >= 0.6 is 0 Å². The monoisotopic (exact) mass is 678 g/mol. The van der Waals surface area contributed by atoms with Gasteiger partial charge in [0.25, 0.3) is 0 Å². The molecule has 4 saturated heterocycles. The Kier molecular flexibility index (Phi) is 12.6. The number of hydrogen-bond acceptors (Lipinski definition) is 21. The molecule has 20 atom stereocenters. The van der Waals surface area contributed by atoms with E-state index in [1.807, 2.05) is 0 Å². The Hall–Kier alpha value is -1.29. The van der Waals surface area contributed by atoms with Gasteiger partial charge in [0.1, 0.15) is 85.5 Å². The number of carbonyl (C=O) groups is 1. The summed E-state index contributed by atoms with van der Waals surface area (Å²) in [6, 6.07) is 0. The minimum atomic E-state index is -2.13. The van der Waals surface area contributed by atoms with E-state index in [0.717, 1.165) is 7.11 Å². The van der Waals surface area contributed by atoms with E-state index in [2.05, 4.69) is 4.74 Å². The van der Waals surface area contributed by atoms with Gasteiger partial charge in [-0.3, -0.25) is 0 Å². The third-order valence-electron chi connectivity index (χ3n) is 8.32. The lowest BCUT2D eigenvalue weighted by molar-refractivity contribution is -0.402. The number of carbonyl (C=O) groups excluding carboxylic acids is 1. The molecule has 0 aromatic carbocycles. The van der Waals surface area contributed by atoms with Crippen LogP contribution in [-0.2, 0) is 42.7 Å². The van der Waals surface area contributed by atoms with E-state index in [9.17, 15) is 66.1 Å². The van der Waals surface area contributed by atoms with Gasteiger partial charge in [0.15, 0.2) is 31.3 Å². The second-order valence-corrected chi connectivity index (χ2v) is 11.3. The van der Waals surface area contributed by atoms with Crippen molar-refractivity contribution < 1.29 is 104 Å². The molecular formula is C25H42O21. The zero-order valence-electron chi connectivity index (χ0n) is 24.5. The lowest BCUT2D eigenvalue weighted by Crippen LogP contribution is -2.68. The molecule has 4 heterocycles. The van der Waals surface area contributed by atoms with Crippen molar-refractivity contribution in [3.63, 3.8) is 0 Å². The number of hydrogen-bond donors (Lipinski definition) is 12. The van der Waals surface area contributed by atoms with Crippen LogP contribution in [0.4, 0.5) is 0 Å². The van der Waals surface area contributed by atoms with E-state index in [0.29, 0.717) is 0 Å². The fraction of sp³-hybridized carbons (Fsp3) is 0.960. The summed E-state index contributed by atoms with van der Waals surface area (Å²) in [6.45, 7) is -0.439. The van der Waals surface area contributed by atoms with Gasteiger partial charge in [-0.25, -0.2) is 4.79 Å². The van der Waals surface area contributed by atoms with E-state index >= 15 is 0 Å². The van der Waals surface area contributed by atoms with Crippen LogP contribution in [0.2, 0.25) is 0 Å². The number of rotatable bonds is 9. The number of aliphatic hydroxyl groups excluding tert-OH is 12. The maximum absolute atomic E-state index is 11.9. The van der Waals surface area contributed by atoms with E-state index < -0.39 is 142 Å². The van der Waals surface area contributed by atoms with Crippen molar-refractivity contribution in [2.75, 3.05) is 20.3 Å². The first kappa shape index (κ1) is 37.5. The normalized spacial score (nSPS) is 51.9. The first-order chi connectivity index (χ1) is 21.7. The van der Waals surface area contributed by atoms with Crippen molar-refractivity contribution >= 4 is 5.97 Å². The Morgan fingerprint density at radius 1 is 0.543 bits per heavy atom. The van der Waals surface area contributed by atoms with Crippen molar-refractivity contribution in [3.05, 3.63) is 0 Å². The number of aliphatic hydroxyl groups is 12. The van der Waals surface area contributed by atoms with Gasteiger partial charge >= 0.3 is 5.97 Å². The summed E-state index contributed by atoms with van der Waals surface area (Å²) in [4.78, 5) is 11.9. The van der Waals surface area contributed by atoms with Crippen LogP contribution in [0.15, 0.2) is 0 Å². The summed E-state index contributed by atoms with van der Waals surface area (Å²) < 4.78 is 43.0. The minimum Gasteiger partial charge on any atom is -0.467 e. The quantitative estimate of drug-likeness (QED) is 0.101. The summed E-state index contributed by atoms with van der Waals surface area (Å²) in [5.74, 6) is -1.14. The zero-order valence-corrected chi connectivity index (χ0v) is 24.5. The van der Waals surface area contributed by atoms with E-state index in [-0.39, 0.29) is 0 Å². The van der Waals surface area contributed by atoms with Crippen molar-refractivity contribution in [1.82, 2.24) is 0 Å². The average molecular weight is 679 g/mol. The van der Waals surface area contributed by atoms with Gasteiger partial charge in [0.05, 0.1) is 26.4 Å². The molecule has 0 aromatic rings. The van der Waals surface area contributed by atoms with Gasteiger partial charge in [-0.1, -0.05) is 0 Å². The largest absolute Gasteiger partial charge is 0.467 e. The second kappa shape index (κ2) is 15.5. The molecule has 0 aliphatic carbocycles. The molecule has 0 amide bonds. The van der Waals surface area contributed by atoms with E-state index in [4.69, 9.17) is 33.2 Å². The lowest BCUT2D eigenvalue weighted by atomic mass is 9.95. The topological polar surface area (TPSA) is 334 Å². The molecule has 21 heteroatoms. The fourth-order valence-electron chi connectivity index (χ4n) is 5.54.